The number of esters is 1. The van der Waals surface area contributed by atoms with Crippen LogP contribution in [0.3, 0.4) is 0 Å². The van der Waals surface area contributed by atoms with Gasteiger partial charge in [0.25, 0.3) is 0 Å². The van der Waals surface area contributed by atoms with Gasteiger partial charge in [-0.1, -0.05) is 17.7 Å². The van der Waals surface area contributed by atoms with Gasteiger partial charge in [-0.05, 0) is 25.0 Å². The van der Waals surface area contributed by atoms with Crippen molar-refractivity contribution in [2.75, 3.05) is 26.6 Å². The molecule has 0 saturated carbocycles. The lowest BCUT2D eigenvalue weighted by atomic mass is 10.1. The maximum atomic E-state index is 12.8. The van der Waals surface area contributed by atoms with Crippen LogP contribution >= 0.6 is 11.8 Å². The Bertz CT molecular complexity index is 896. The first-order chi connectivity index (χ1) is 13.0. The van der Waals surface area contributed by atoms with E-state index in [1.54, 1.807) is 6.07 Å². The average molecular weight is 387 g/mol. The molecular weight excluding hydrogens is 366 g/mol. The van der Waals surface area contributed by atoms with E-state index < -0.39 is 5.97 Å². The molecule has 1 amide bonds. The smallest absolute Gasteiger partial charge is 0.340 e. The lowest BCUT2D eigenvalue weighted by Gasteiger charge is -2.16. The second kappa shape index (κ2) is 7.92. The van der Waals surface area contributed by atoms with E-state index in [0.29, 0.717) is 23.6 Å². The Morgan fingerprint density at radius 3 is 2.44 bits per heavy atom. The number of methoxy groups -OCH3 is 3. The van der Waals surface area contributed by atoms with Gasteiger partial charge in [-0.15, -0.1) is 11.8 Å². The second-order valence-corrected chi connectivity index (χ2v) is 7.40. The first-order valence-corrected chi connectivity index (χ1v) is 9.26. The van der Waals surface area contributed by atoms with Gasteiger partial charge in [-0.2, -0.15) is 0 Å². The van der Waals surface area contributed by atoms with E-state index in [9.17, 15) is 9.59 Å². The number of hydrogen-bond donors (Lipinski definition) is 1. The van der Waals surface area contributed by atoms with Crippen LogP contribution in [0.2, 0.25) is 0 Å². The standard InChI is InChI=1S/C20H21NO5S/c1-11-5-6-12-8-18(27-17(12)7-11)19(22)21-14-10-16(25-3)15(24-2)9-13(14)20(23)26-4/h5-7,9-10,18H,8H2,1-4H3,(H,21,22)/t18-/m1/s1. The van der Waals surface area contributed by atoms with Crippen LogP contribution in [-0.2, 0) is 16.0 Å². The molecule has 1 aliphatic rings. The zero-order valence-corrected chi connectivity index (χ0v) is 16.4. The van der Waals surface area contributed by atoms with Gasteiger partial charge in [0.1, 0.15) is 0 Å². The van der Waals surface area contributed by atoms with Crippen molar-refractivity contribution in [3.05, 3.63) is 47.0 Å². The van der Waals surface area contributed by atoms with Crippen LogP contribution in [-0.4, -0.2) is 38.5 Å². The molecule has 0 radical (unpaired) electrons. The van der Waals surface area contributed by atoms with Crippen molar-refractivity contribution in [3.63, 3.8) is 0 Å². The molecular formula is C20H21NO5S. The highest BCUT2D eigenvalue weighted by molar-refractivity contribution is 8.01. The highest BCUT2D eigenvalue weighted by atomic mass is 32.2. The molecule has 0 saturated heterocycles. The van der Waals surface area contributed by atoms with Gasteiger partial charge in [0.05, 0.1) is 37.8 Å². The molecule has 0 spiro atoms. The minimum absolute atomic E-state index is 0.175. The average Bonchev–Trinajstić information content (AvgIpc) is 3.10. The third-order valence-corrected chi connectivity index (χ3v) is 5.68. The number of anilines is 1. The lowest BCUT2D eigenvalue weighted by molar-refractivity contribution is -0.115. The Morgan fingerprint density at radius 1 is 1.07 bits per heavy atom. The van der Waals surface area contributed by atoms with Crippen LogP contribution in [0.1, 0.15) is 21.5 Å². The lowest BCUT2D eigenvalue weighted by Crippen LogP contribution is -2.26. The van der Waals surface area contributed by atoms with Gasteiger partial charge in [0.2, 0.25) is 5.91 Å². The summed E-state index contributed by atoms with van der Waals surface area (Å²) in [7, 11) is 4.26. The molecule has 6 nitrogen and oxygen atoms in total. The minimum atomic E-state index is -0.566. The van der Waals surface area contributed by atoms with Crippen LogP contribution in [0, 0.1) is 6.92 Å². The van der Waals surface area contributed by atoms with Crippen LogP contribution in [0.4, 0.5) is 5.69 Å². The number of carbonyl (C=O) groups is 2. The quantitative estimate of drug-likeness (QED) is 0.792. The molecule has 1 N–H and O–H groups in total. The van der Waals surface area contributed by atoms with Crippen molar-refractivity contribution in [1.82, 2.24) is 0 Å². The Morgan fingerprint density at radius 2 is 1.78 bits per heavy atom. The van der Waals surface area contributed by atoms with Gasteiger partial charge in [0, 0.05) is 17.0 Å². The SMILES string of the molecule is COC(=O)c1cc(OC)c(OC)cc1NC(=O)[C@H]1Cc2ccc(C)cc2S1. The highest BCUT2D eigenvalue weighted by Gasteiger charge is 2.29. The Balaban J connectivity index is 1.86. The third kappa shape index (κ3) is 3.88. The number of rotatable bonds is 5. The van der Waals surface area contributed by atoms with Crippen LogP contribution in [0.5, 0.6) is 11.5 Å². The molecule has 2 aromatic carbocycles. The number of fused-ring (bicyclic) bond motifs is 1. The topological polar surface area (TPSA) is 73.9 Å². The number of hydrogen-bond acceptors (Lipinski definition) is 6. The Labute approximate surface area is 162 Å². The first-order valence-electron chi connectivity index (χ1n) is 8.38. The fraction of sp³-hybridized carbons (Fsp3) is 0.300. The summed E-state index contributed by atoms with van der Waals surface area (Å²) in [5.41, 5.74) is 2.86. The summed E-state index contributed by atoms with van der Waals surface area (Å²) < 4.78 is 15.3. The predicted octanol–water partition coefficient (Wildman–Crippen LogP) is 3.45. The van der Waals surface area contributed by atoms with E-state index >= 15 is 0 Å². The summed E-state index contributed by atoms with van der Waals surface area (Å²) in [5.74, 6) is 0.0583. The van der Waals surface area contributed by atoms with E-state index in [4.69, 9.17) is 14.2 Å². The fourth-order valence-electron chi connectivity index (χ4n) is 2.96. The molecule has 3 rings (SSSR count). The van der Waals surface area contributed by atoms with Crippen molar-refractivity contribution in [2.24, 2.45) is 0 Å². The summed E-state index contributed by atoms with van der Waals surface area (Å²) >= 11 is 1.53. The summed E-state index contributed by atoms with van der Waals surface area (Å²) in [5, 5.41) is 2.58. The highest BCUT2D eigenvalue weighted by Crippen LogP contribution is 2.39. The second-order valence-electron chi connectivity index (χ2n) is 6.16. The first kappa shape index (κ1) is 19.1. The molecule has 7 heteroatoms. The molecule has 27 heavy (non-hydrogen) atoms. The van der Waals surface area contributed by atoms with Crippen LogP contribution in [0.25, 0.3) is 0 Å². The fourth-order valence-corrected chi connectivity index (χ4v) is 4.25. The Kier molecular flexibility index (Phi) is 5.60. The summed E-state index contributed by atoms with van der Waals surface area (Å²) in [6.07, 6.45) is 0.646. The van der Waals surface area contributed by atoms with Crippen LogP contribution < -0.4 is 14.8 Å². The predicted molar refractivity (Wildman–Crippen MR) is 104 cm³/mol. The van der Waals surface area contributed by atoms with E-state index in [2.05, 4.69) is 17.4 Å². The van der Waals surface area contributed by atoms with Gasteiger partial charge in [-0.25, -0.2) is 4.79 Å². The monoisotopic (exact) mass is 387 g/mol. The van der Waals surface area contributed by atoms with Gasteiger partial charge in [0.15, 0.2) is 11.5 Å². The molecule has 0 unspecified atom stereocenters. The third-order valence-electron chi connectivity index (χ3n) is 4.38. The molecule has 2 aromatic rings. The molecule has 0 aromatic heterocycles. The van der Waals surface area contributed by atoms with Crippen molar-refractivity contribution >= 4 is 29.3 Å². The number of nitrogens with one attached hydrogen (secondary N) is 1. The number of aryl methyl sites for hydroxylation is 1. The van der Waals surface area contributed by atoms with Crippen molar-refractivity contribution in [3.8, 4) is 11.5 Å². The molecule has 0 aliphatic carbocycles. The Hall–Kier alpha value is -2.67. The van der Waals surface area contributed by atoms with E-state index in [-0.39, 0.29) is 16.7 Å². The number of carbonyl (C=O) groups excluding carboxylic acids is 2. The van der Waals surface area contributed by atoms with Gasteiger partial charge >= 0.3 is 5.97 Å². The summed E-state index contributed by atoms with van der Waals surface area (Å²) in [4.78, 5) is 26.1. The summed E-state index contributed by atoms with van der Waals surface area (Å²) in [6, 6.07) is 9.26. The molecule has 1 heterocycles. The number of thioether (sulfide) groups is 1. The number of ether oxygens (including phenoxy) is 3. The molecule has 0 fully saturated rings. The maximum absolute atomic E-state index is 12.8. The maximum Gasteiger partial charge on any atom is 0.340 e. The number of amides is 1. The molecule has 142 valence electrons. The molecule has 0 bridgehead atoms. The van der Waals surface area contributed by atoms with Gasteiger partial charge < -0.3 is 19.5 Å². The van der Waals surface area contributed by atoms with Crippen LogP contribution in [0.15, 0.2) is 35.2 Å². The zero-order chi connectivity index (χ0) is 19.6. The van der Waals surface area contributed by atoms with Gasteiger partial charge in [-0.3, -0.25) is 4.79 Å². The number of benzene rings is 2. The van der Waals surface area contributed by atoms with Crippen molar-refractivity contribution < 1.29 is 23.8 Å². The van der Waals surface area contributed by atoms with E-state index in [0.717, 1.165) is 16.0 Å². The molecule has 1 atom stereocenters. The summed E-state index contributed by atoms with van der Waals surface area (Å²) in [6.45, 7) is 2.03. The zero-order valence-electron chi connectivity index (χ0n) is 15.6. The normalized spacial score (nSPS) is 15.0. The minimum Gasteiger partial charge on any atom is -0.493 e. The molecule has 1 aliphatic heterocycles. The van der Waals surface area contributed by atoms with Crippen molar-refractivity contribution in [1.29, 1.82) is 0 Å². The largest absolute Gasteiger partial charge is 0.493 e. The van der Waals surface area contributed by atoms with E-state index in [1.165, 1.54) is 39.2 Å². The van der Waals surface area contributed by atoms with Crippen molar-refractivity contribution in [2.45, 2.75) is 23.5 Å². The van der Waals surface area contributed by atoms with E-state index in [1.807, 2.05) is 13.0 Å².